The molecule has 3 aromatic carbocycles. The van der Waals surface area contributed by atoms with Gasteiger partial charge in [0.05, 0.1) is 22.5 Å². The first kappa shape index (κ1) is 18.0. The van der Waals surface area contributed by atoms with Gasteiger partial charge in [0.15, 0.2) is 5.78 Å². The van der Waals surface area contributed by atoms with Gasteiger partial charge in [0, 0.05) is 33.3 Å². The zero-order chi connectivity index (χ0) is 21.1. The quantitative estimate of drug-likeness (QED) is 0.337. The summed E-state index contributed by atoms with van der Waals surface area (Å²) in [7, 11) is 0. The van der Waals surface area contributed by atoms with Crippen LogP contribution in [-0.4, -0.2) is 20.5 Å². The lowest BCUT2D eigenvalue weighted by atomic mass is 10.0. The molecule has 0 amide bonds. The van der Waals surface area contributed by atoms with E-state index < -0.39 is 5.82 Å². The first-order valence-corrected chi connectivity index (χ1v) is 10.1. The van der Waals surface area contributed by atoms with Crippen LogP contribution in [0.4, 0.5) is 4.39 Å². The summed E-state index contributed by atoms with van der Waals surface area (Å²) in [5, 5.41) is 6.16. The topological polar surface area (TPSA) is 47.8 Å². The van der Waals surface area contributed by atoms with E-state index >= 15 is 0 Å². The van der Waals surface area contributed by atoms with Crippen molar-refractivity contribution in [2.75, 3.05) is 0 Å². The van der Waals surface area contributed by atoms with Crippen LogP contribution in [0.2, 0.25) is 5.02 Å². The molecule has 0 radical (unpaired) electrons. The molecule has 0 N–H and O–H groups in total. The van der Waals surface area contributed by atoms with Crippen LogP contribution in [0.25, 0.3) is 39.1 Å². The highest BCUT2D eigenvalue weighted by Crippen LogP contribution is 2.43. The van der Waals surface area contributed by atoms with E-state index in [0.29, 0.717) is 38.6 Å². The first-order chi connectivity index (χ1) is 15.1. The highest BCUT2D eigenvalue weighted by atomic mass is 35.5. The number of hydrogen-bond acceptors (Lipinski definition) is 3. The molecule has 0 saturated heterocycles. The van der Waals surface area contributed by atoms with E-state index in [1.54, 1.807) is 47.3 Å². The van der Waals surface area contributed by atoms with Gasteiger partial charge in [-0.15, -0.1) is 0 Å². The third kappa shape index (κ3) is 2.57. The maximum atomic E-state index is 14.7. The fourth-order valence-electron chi connectivity index (χ4n) is 4.21. The van der Waals surface area contributed by atoms with Crippen molar-refractivity contribution < 1.29 is 9.18 Å². The Labute approximate surface area is 181 Å². The van der Waals surface area contributed by atoms with Gasteiger partial charge in [-0.05, 0) is 36.4 Å². The molecule has 6 rings (SSSR count). The number of ketones is 1. The standard InChI is InChI=1S/C25H13ClFN3O/c26-14-9-10-18-20(13-14)28-12-11-21(18)30-24-15-5-1-2-6-16(15)25(31)22(24)23(29-30)17-7-3-4-8-19(17)27/h1-13H. The van der Waals surface area contributed by atoms with Crippen molar-refractivity contribution in [1.29, 1.82) is 0 Å². The molecule has 1 aliphatic carbocycles. The molecule has 0 atom stereocenters. The van der Waals surface area contributed by atoms with Gasteiger partial charge in [-0.3, -0.25) is 9.78 Å². The van der Waals surface area contributed by atoms with Gasteiger partial charge in [-0.25, -0.2) is 9.07 Å². The van der Waals surface area contributed by atoms with E-state index in [1.165, 1.54) is 6.07 Å². The predicted molar refractivity (Wildman–Crippen MR) is 118 cm³/mol. The minimum atomic E-state index is -0.426. The Bertz CT molecular complexity index is 1540. The van der Waals surface area contributed by atoms with Crippen molar-refractivity contribution in [2.45, 2.75) is 0 Å². The summed E-state index contributed by atoms with van der Waals surface area (Å²) in [5.74, 6) is -0.582. The van der Waals surface area contributed by atoms with E-state index in [-0.39, 0.29) is 5.78 Å². The lowest BCUT2D eigenvalue weighted by Gasteiger charge is -2.10. The lowest BCUT2D eigenvalue weighted by molar-refractivity contribution is 0.104. The SMILES string of the molecule is O=C1c2ccccc2-c2c1c(-c1ccccc1F)nn2-c1ccnc2cc(Cl)ccc12. The van der Waals surface area contributed by atoms with Crippen LogP contribution >= 0.6 is 11.6 Å². The Morgan fingerprint density at radius 3 is 2.42 bits per heavy atom. The molecule has 0 spiro atoms. The number of carbonyl (C=O) groups is 1. The predicted octanol–water partition coefficient (Wildman–Crippen LogP) is 6.09. The number of nitrogens with zero attached hydrogens (tertiary/aromatic N) is 3. The number of rotatable bonds is 2. The molecule has 31 heavy (non-hydrogen) atoms. The number of pyridine rings is 1. The third-order valence-electron chi connectivity index (χ3n) is 5.58. The average molecular weight is 426 g/mol. The van der Waals surface area contributed by atoms with Crippen LogP contribution in [-0.2, 0) is 0 Å². The Balaban J connectivity index is 1.73. The van der Waals surface area contributed by atoms with E-state index in [4.69, 9.17) is 16.7 Å². The zero-order valence-electron chi connectivity index (χ0n) is 16.0. The molecule has 0 saturated carbocycles. The van der Waals surface area contributed by atoms with Gasteiger partial charge in [0.1, 0.15) is 11.5 Å². The monoisotopic (exact) mass is 425 g/mol. The molecule has 6 heteroatoms. The Morgan fingerprint density at radius 2 is 1.61 bits per heavy atom. The smallest absolute Gasteiger partial charge is 0.198 e. The molecule has 1 aliphatic rings. The van der Waals surface area contributed by atoms with Crippen LogP contribution in [0.5, 0.6) is 0 Å². The van der Waals surface area contributed by atoms with Crippen LogP contribution in [0, 0.1) is 5.82 Å². The number of aromatic nitrogens is 3. The molecule has 2 heterocycles. The average Bonchev–Trinajstić information content (AvgIpc) is 3.31. The van der Waals surface area contributed by atoms with E-state index in [2.05, 4.69) is 4.98 Å². The molecule has 5 aromatic rings. The highest BCUT2D eigenvalue weighted by Gasteiger charge is 2.36. The second-order valence-electron chi connectivity index (χ2n) is 7.33. The summed E-state index contributed by atoms with van der Waals surface area (Å²) in [5.41, 5.74) is 4.49. The van der Waals surface area contributed by atoms with Crippen molar-refractivity contribution >= 4 is 28.3 Å². The molecule has 148 valence electrons. The van der Waals surface area contributed by atoms with Crippen LogP contribution < -0.4 is 0 Å². The van der Waals surface area contributed by atoms with Gasteiger partial charge in [0.2, 0.25) is 0 Å². The molecule has 4 nitrogen and oxygen atoms in total. The van der Waals surface area contributed by atoms with Gasteiger partial charge in [0.25, 0.3) is 0 Å². The fraction of sp³-hybridized carbons (Fsp3) is 0. The molecule has 0 bridgehead atoms. The van der Waals surface area contributed by atoms with Crippen molar-refractivity contribution in [2.24, 2.45) is 0 Å². The second-order valence-corrected chi connectivity index (χ2v) is 7.77. The Kier molecular flexibility index (Phi) is 3.82. The van der Waals surface area contributed by atoms with Crippen molar-refractivity contribution in [3.63, 3.8) is 0 Å². The second kappa shape index (κ2) is 6.59. The number of fused-ring (bicyclic) bond motifs is 4. The van der Waals surface area contributed by atoms with Crippen molar-refractivity contribution in [3.05, 3.63) is 101 Å². The summed E-state index contributed by atoms with van der Waals surface area (Å²) >= 11 is 6.15. The third-order valence-corrected chi connectivity index (χ3v) is 5.81. The minimum absolute atomic E-state index is 0.156. The molecule has 2 aromatic heterocycles. The van der Waals surface area contributed by atoms with Crippen molar-refractivity contribution in [1.82, 2.24) is 14.8 Å². The number of carbonyl (C=O) groups excluding carboxylic acids is 1. The zero-order valence-corrected chi connectivity index (χ0v) is 16.8. The fourth-order valence-corrected chi connectivity index (χ4v) is 4.38. The lowest BCUT2D eigenvalue weighted by Crippen LogP contribution is -2.02. The molecular weight excluding hydrogens is 413 g/mol. The molecular formula is C25H13ClFN3O. The number of benzene rings is 3. The van der Waals surface area contributed by atoms with Gasteiger partial charge in [-0.1, -0.05) is 48.0 Å². The van der Waals surface area contributed by atoms with Crippen LogP contribution in [0.3, 0.4) is 0 Å². The maximum absolute atomic E-state index is 14.7. The molecule has 0 aliphatic heterocycles. The summed E-state index contributed by atoms with van der Waals surface area (Å²) in [6, 6.07) is 21.0. The van der Waals surface area contributed by atoms with Gasteiger partial charge >= 0.3 is 0 Å². The summed E-state index contributed by atoms with van der Waals surface area (Å²) in [6.45, 7) is 0. The maximum Gasteiger partial charge on any atom is 0.198 e. The number of hydrogen-bond donors (Lipinski definition) is 0. The summed E-state index contributed by atoms with van der Waals surface area (Å²) in [4.78, 5) is 17.7. The van der Waals surface area contributed by atoms with E-state index in [9.17, 15) is 9.18 Å². The Morgan fingerprint density at radius 1 is 0.871 bits per heavy atom. The summed E-state index contributed by atoms with van der Waals surface area (Å²) < 4.78 is 16.4. The Hall–Kier alpha value is -3.83. The highest BCUT2D eigenvalue weighted by molar-refractivity contribution is 6.31. The largest absolute Gasteiger partial charge is 0.288 e. The van der Waals surface area contributed by atoms with Gasteiger partial charge < -0.3 is 0 Å². The summed E-state index contributed by atoms with van der Waals surface area (Å²) in [6.07, 6.45) is 1.67. The normalized spacial score (nSPS) is 12.3. The van der Waals surface area contributed by atoms with Crippen LogP contribution in [0.1, 0.15) is 15.9 Å². The van der Waals surface area contributed by atoms with E-state index in [0.717, 1.165) is 16.6 Å². The number of halogens is 2. The van der Waals surface area contributed by atoms with Gasteiger partial charge in [-0.2, -0.15) is 5.10 Å². The van der Waals surface area contributed by atoms with E-state index in [1.807, 2.05) is 30.3 Å². The minimum Gasteiger partial charge on any atom is -0.288 e. The van der Waals surface area contributed by atoms with Crippen molar-refractivity contribution in [3.8, 4) is 28.2 Å². The van der Waals surface area contributed by atoms with Crippen LogP contribution in [0.15, 0.2) is 79.0 Å². The first-order valence-electron chi connectivity index (χ1n) is 9.70. The molecule has 0 unspecified atom stereocenters. The molecule has 0 fully saturated rings.